The van der Waals surface area contributed by atoms with Gasteiger partial charge in [0.15, 0.2) is 5.96 Å². The van der Waals surface area contributed by atoms with Crippen molar-refractivity contribution in [3.05, 3.63) is 23.7 Å². The molecule has 0 aliphatic carbocycles. The highest BCUT2D eigenvalue weighted by Gasteiger charge is 2.26. The molecule has 0 amide bonds. The molecule has 1 aromatic heterocycles. The SMILES string of the molecule is CN=C(NCCOCCC(C)C)NCC(c1ccc(C)o1)N1CCCC1. The maximum atomic E-state index is 5.91. The molecule has 6 nitrogen and oxygen atoms in total. The third-order valence-electron chi connectivity index (χ3n) is 4.74. The summed E-state index contributed by atoms with van der Waals surface area (Å²) in [5.41, 5.74) is 0. The molecular formula is C20H36N4O2. The summed E-state index contributed by atoms with van der Waals surface area (Å²) in [6.45, 7) is 11.7. The Labute approximate surface area is 158 Å². The van der Waals surface area contributed by atoms with Gasteiger partial charge in [0.25, 0.3) is 0 Å². The summed E-state index contributed by atoms with van der Waals surface area (Å²) in [6, 6.07) is 4.38. The molecule has 1 saturated heterocycles. The minimum atomic E-state index is 0.243. The molecule has 1 unspecified atom stereocenters. The molecule has 26 heavy (non-hydrogen) atoms. The van der Waals surface area contributed by atoms with Crippen molar-refractivity contribution in [1.29, 1.82) is 0 Å². The third kappa shape index (κ3) is 7.00. The second-order valence-electron chi connectivity index (χ2n) is 7.38. The van der Waals surface area contributed by atoms with E-state index in [1.807, 2.05) is 13.0 Å². The highest BCUT2D eigenvalue weighted by atomic mass is 16.5. The second-order valence-corrected chi connectivity index (χ2v) is 7.38. The van der Waals surface area contributed by atoms with Gasteiger partial charge in [-0.25, -0.2) is 0 Å². The Morgan fingerprint density at radius 2 is 2.00 bits per heavy atom. The van der Waals surface area contributed by atoms with E-state index in [1.54, 1.807) is 7.05 Å². The minimum Gasteiger partial charge on any atom is -0.465 e. The number of guanidine groups is 1. The molecule has 2 heterocycles. The minimum absolute atomic E-state index is 0.243. The fraction of sp³-hybridized carbons (Fsp3) is 0.750. The Morgan fingerprint density at radius 3 is 2.62 bits per heavy atom. The first kappa shape index (κ1) is 20.8. The van der Waals surface area contributed by atoms with Crippen molar-refractivity contribution in [2.45, 2.75) is 46.1 Å². The van der Waals surface area contributed by atoms with Gasteiger partial charge >= 0.3 is 0 Å². The quantitative estimate of drug-likeness (QED) is 0.380. The summed E-state index contributed by atoms with van der Waals surface area (Å²) in [5, 5.41) is 6.77. The van der Waals surface area contributed by atoms with Gasteiger partial charge in [-0.05, 0) is 57.3 Å². The normalized spacial score (nSPS) is 17.0. The summed E-state index contributed by atoms with van der Waals surface area (Å²) in [6.07, 6.45) is 3.63. The van der Waals surface area contributed by atoms with E-state index in [-0.39, 0.29) is 6.04 Å². The predicted molar refractivity (Wildman–Crippen MR) is 107 cm³/mol. The van der Waals surface area contributed by atoms with Gasteiger partial charge in [-0.2, -0.15) is 0 Å². The number of hydrogen-bond donors (Lipinski definition) is 2. The largest absolute Gasteiger partial charge is 0.465 e. The number of ether oxygens (including phenoxy) is 1. The van der Waals surface area contributed by atoms with Crippen molar-refractivity contribution < 1.29 is 9.15 Å². The molecule has 2 N–H and O–H groups in total. The van der Waals surface area contributed by atoms with E-state index < -0.39 is 0 Å². The fourth-order valence-electron chi connectivity index (χ4n) is 3.17. The fourth-order valence-corrected chi connectivity index (χ4v) is 3.17. The number of aliphatic imine (C=N–C) groups is 1. The second kappa shape index (κ2) is 11.2. The van der Waals surface area contributed by atoms with E-state index >= 15 is 0 Å². The molecule has 2 rings (SSSR count). The van der Waals surface area contributed by atoms with Crippen LogP contribution in [0.2, 0.25) is 0 Å². The van der Waals surface area contributed by atoms with Gasteiger partial charge in [0.2, 0.25) is 0 Å². The summed E-state index contributed by atoms with van der Waals surface area (Å²) >= 11 is 0. The van der Waals surface area contributed by atoms with E-state index in [9.17, 15) is 0 Å². The zero-order valence-electron chi connectivity index (χ0n) is 16.9. The Bertz CT molecular complexity index is 536. The van der Waals surface area contributed by atoms with Crippen LogP contribution in [0.25, 0.3) is 0 Å². The third-order valence-corrected chi connectivity index (χ3v) is 4.74. The lowest BCUT2D eigenvalue weighted by atomic mass is 10.1. The lowest BCUT2D eigenvalue weighted by molar-refractivity contribution is 0.128. The predicted octanol–water partition coefficient (Wildman–Crippen LogP) is 2.95. The van der Waals surface area contributed by atoms with E-state index in [2.05, 4.69) is 40.4 Å². The van der Waals surface area contributed by atoms with Crippen LogP contribution in [0.5, 0.6) is 0 Å². The molecule has 1 aliphatic heterocycles. The molecule has 6 heteroatoms. The summed E-state index contributed by atoms with van der Waals surface area (Å²) < 4.78 is 11.6. The van der Waals surface area contributed by atoms with Crippen molar-refractivity contribution in [2.24, 2.45) is 10.9 Å². The molecule has 1 aliphatic rings. The van der Waals surface area contributed by atoms with Crippen LogP contribution >= 0.6 is 0 Å². The van der Waals surface area contributed by atoms with Gasteiger partial charge < -0.3 is 19.8 Å². The van der Waals surface area contributed by atoms with Gasteiger partial charge in [-0.15, -0.1) is 0 Å². The van der Waals surface area contributed by atoms with E-state index in [4.69, 9.17) is 9.15 Å². The topological polar surface area (TPSA) is 62.0 Å². The van der Waals surface area contributed by atoms with Crippen molar-refractivity contribution in [2.75, 3.05) is 46.4 Å². The first-order valence-electron chi connectivity index (χ1n) is 9.92. The van der Waals surface area contributed by atoms with Gasteiger partial charge in [-0.3, -0.25) is 9.89 Å². The summed E-state index contributed by atoms with van der Waals surface area (Å²) in [7, 11) is 1.80. The number of likely N-dealkylation sites (tertiary alicyclic amines) is 1. The monoisotopic (exact) mass is 364 g/mol. The molecule has 1 fully saturated rings. The Hall–Kier alpha value is -1.53. The lowest BCUT2D eigenvalue weighted by Gasteiger charge is -2.26. The Morgan fingerprint density at radius 1 is 1.23 bits per heavy atom. The first-order valence-corrected chi connectivity index (χ1v) is 9.92. The van der Waals surface area contributed by atoms with E-state index in [1.165, 1.54) is 12.8 Å². The van der Waals surface area contributed by atoms with Crippen molar-refractivity contribution in [3.63, 3.8) is 0 Å². The molecular weight excluding hydrogens is 328 g/mol. The lowest BCUT2D eigenvalue weighted by Crippen LogP contribution is -2.43. The number of aryl methyl sites for hydroxylation is 1. The van der Waals surface area contributed by atoms with E-state index in [0.29, 0.717) is 12.5 Å². The maximum Gasteiger partial charge on any atom is 0.191 e. The molecule has 0 saturated carbocycles. The van der Waals surface area contributed by atoms with Crippen LogP contribution in [0.1, 0.15) is 50.7 Å². The van der Waals surface area contributed by atoms with Crippen LogP contribution in [0.3, 0.4) is 0 Å². The van der Waals surface area contributed by atoms with Crippen molar-refractivity contribution in [3.8, 4) is 0 Å². The number of rotatable bonds is 10. The zero-order valence-corrected chi connectivity index (χ0v) is 16.9. The van der Waals surface area contributed by atoms with Crippen LogP contribution in [0.4, 0.5) is 0 Å². The molecule has 148 valence electrons. The van der Waals surface area contributed by atoms with Gasteiger partial charge in [-0.1, -0.05) is 13.8 Å². The van der Waals surface area contributed by atoms with E-state index in [0.717, 1.165) is 56.7 Å². The first-order chi connectivity index (χ1) is 12.6. The highest BCUT2D eigenvalue weighted by molar-refractivity contribution is 5.79. The Kier molecular flexibility index (Phi) is 8.98. The molecule has 0 radical (unpaired) electrons. The van der Waals surface area contributed by atoms with Crippen molar-refractivity contribution >= 4 is 5.96 Å². The maximum absolute atomic E-state index is 5.91. The van der Waals surface area contributed by atoms with Gasteiger partial charge in [0, 0.05) is 26.7 Å². The van der Waals surface area contributed by atoms with Crippen LogP contribution in [0, 0.1) is 12.8 Å². The van der Waals surface area contributed by atoms with Crippen LogP contribution in [-0.4, -0.2) is 57.3 Å². The average molecular weight is 365 g/mol. The number of nitrogens with zero attached hydrogens (tertiary/aromatic N) is 2. The summed E-state index contributed by atoms with van der Waals surface area (Å²) in [5.74, 6) is 3.49. The van der Waals surface area contributed by atoms with Crippen molar-refractivity contribution in [1.82, 2.24) is 15.5 Å². The molecule has 1 atom stereocenters. The highest BCUT2D eigenvalue weighted by Crippen LogP contribution is 2.26. The molecule has 0 bridgehead atoms. The average Bonchev–Trinajstić information content (AvgIpc) is 3.28. The smallest absolute Gasteiger partial charge is 0.191 e. The Balaban J connectivity index is 1.76. The number of hydrogen-bond acceptors (Lipinski definition) is 4. The number of nitrogens with one attached hydrogen (secondary N) is 2. The van der Waals surface area contributed by atoms with Crippen LogP contribution < -0.4 is 10.6 Å². The molecule has 0 spiro atoms. The van der Waals surface area contributed by atoms with Crippen LogP contribution in [0.15, 0.2) is 21.5 Å². The zero-order chi connectivity index (χ0) is 18.8. The molecule has 0 aromatic carbocycles. The van der Waals surface area contributed by atoms with Gasteiger partial charge in [0.1, 0.15) is 11.5 Å². The van der Waals surface area contributed by atoms with Crippen LogP contribution in [-0.2, 0) is 4.74 Å². The van der Waals surface area contributed by atoms with Gasteiger partial charge in [0.05, 0.1) is 12.6 Å². The molecule has 1 aromatic rings. The standard InChI is InChI=1S/C20H36N4O2/c1-16(2)9-13-25-14-10-22-20(21-4)23-15-18(24-11-5-6-12-24)19-8-7-17(3)26-19/h7-8,16,18H,5-6,9-15H2,1-4H3,(H2,21,22,23). The summed E-state index contributed by atoms with van der Waals surface area (Å²) in [4.78, 5) is 6.81. The number of furan rings is 1.